The number of hydrogen-bond acceptors (Lipinski definition) is 4. The molecule has 0 amide bonds. The molecule has 5 nitrogen and oxygen atoms in total. The molecule has 98 valence electrons. The van der Waals surface area contributed by atoms with Gasteiger partial charge in [-0.2, -0.15) is 13.7 Å². The Morgan fingerprint density at radius 1 is 1.18 bits per heavy atom. The number of imidazole rings is 1. The van der Waals surface area contributed by atoms with E-state index in [2.05, 4.69) is 11.9 Å². The van der Waals surface area contributed by atoms with Crippen molar-refractivity contribution in [2.24, 2.45) is 0 Å². The van der Waals surface area contributed by atoms with E-state index in [0.717, 1.165) is 19.0 Å². The number of unbranched alkanes of at least 4 members (excludes halogenated alkanes) is 1. The summed E-state index contributed by atoms with van der Waals surface area (Å²) in [6, 6.07) is 0. The molecule has 0 N–H and O–H groups in total. The van der Waals surface area contributed by atoms with Gasteiger partial charge in [-0.1, -0.05) is 13.3 Å². The average molecular weight is 261 g/mol. The van der Waals surface area contributed by atoms with Gasteiger partial charge >= 0.3 is 7.94 Å². The minimum Gasteiger partial charge on any atom is -0.241 e. The van der Waals surface area contributed by atoms with E-state index < -0.39 is 7.94 Å². The molecule has 0 saturated carbocycles. The predicted octanol–water partition coefficient (Wildman–Crippen LogP) is 2.95. The van der Waals surface area contributed by atoms with Crippen molar-refractivity contribution in [3.63, 3.8) is 0 Å². The zero-order valence-corrected chi connectivity index (χ0v) is 11.7. The molecule has 6 heteroatoms. The van der Waals surface area contributed by atoms with Gasteiger partial charge in [-0.25, -0.2) is 4.98 Å². The summed E-state index contributed by atoms with van der Waals surface area (Å²) in [4.78, 5) is 3.95. The van der Waals surface area contributed by atoms with E-state index in [1.807, 2.05) is 13.8 Å². The normalized spacial score (nSPS) is 11.7. The van der Waals surface area contributed by atoms with Gasteiger partial charge < -0.3 is 0 Å². The SMILES string of the molecule is CCCC[P+](OCC)(OCC)On1ccnc1. The summed E-state index contributed by atoms with van der Waals surface area (Å²) in [6.45, 7) is 7.23. The summed E-state index contributed by atoms with van der Waals surface area (Å²) in [6.07, 6.45) is 7.96. The third-order valence-corrected chi connectivity index (χ3v) is 4.74. The molecule has 0 saturated heterocycles. The van der Waals surface area contributed by atoms with Crippen LogP contribution in [0.5, 0.6) is 0 Å². The lowest BCUT2D eigenvalue weighted by Gasteiger charge is -2.20. The molecule has 0 aromatic carbocycles. The number of nitrogens with zero attached hydrogens (tertiary/aromatic N) is 2. The summed E-state index contributed by atoms with van der Waals surface area (Å²) in [5.41, 5.74) is 0. The summed E-state index contributed by atoms with van der Waals surface area (Å²) in [5, 5.41) is 0. The predicted molar refractivity (Wildman–Crippen MR) is 68.8 cm³/mol. The molecule has 17 heavy (non-hydrogen) atoms. The largest absolute Gasteiger partial charge is 0.488 e. The highest BCUT2D eigenvalue weighted by molar-refractivity contribution is 7.61. The first-order valence-corrected chi connectivity index (χ1v) is 7.84. The molecule has 1 heterocycles. The van der Waals surface area contributed by atoms with Crippen molar-refractivity contribution in [1.82, 2.24) is 9.71 Å². The Bertz CT molecular complexity index is 287. The average Bonchev–Trinajstić information content (AvgIpc) is 2.80. The van der Waals surface area contributed by atoms with Gasteiger partial charge in [0.15, 0.2) is 6.16 Å². The smallest absolute Gasteiger partial charge is 0.241 e. The van der Waals surface area contributed by atoms with Crippen LogP contribution >= 0.6 is 7.94 Å². The van der Waals surface area contributed by atoms with E-state index in [9.17, 15) is 0 Å². The lowest BCUT2D eigenvalue weighted by molar-refractivity contribution is 0.133. The molecule has 0 unspecified atom stereocenters. The topological polar surface area (TPSA) is 45.5 Å². The van der Waals surface area contributed by atoms with Crippen molar-refractivity contribution in [1.29, 1.82) is 0 Å². The zero-order valence-electron chi connectivity index (χ0n) is 10.8. The summed E-state index contributed by atoms with van der Waals surface area (Å²) in [5.74, 6) is 0. The zero-order chi connectivity index (χ0) is 12.6. The first kappa shape index (κ1) is 14.4. The Morgan fingerprint density at radius 3 is 2.35 bits per heavy atom. The van der Waals surface area contributed by atoms with Crippen LogP contribution in [0.2, 0.25) is 0 Å². The molecule has 1 aromatic rings. The highest BCUT2D eigenvalue weighted by Crippen LogP contribution is 2.59. The van der Waals surface area contributed by atoms with Crippen LogP contribution in [0.4, 0.5) is 0 Å². The molecule has 0 spiro atoms. The first-order chi connectivity index (χ1) is 8.26. The first-order valence-electron chi connectivity index (χ1n) is 6.11. The van der Waals surface area contributed by atoms with Crippen LogP contribution in [0.3, 0.4) is 0 Å². The lowest BCUT2D eigenvalue weighted by Crippen LogP contribution is -2.20. The van der Waals surface area contributed by atoms with Crippen molar-refractivity contribution < 1.29 is 13.7 Å². The molecule has 0 aliphatic carbocycles. The van der Waals surface area contributed by atoms with Crippen molar-refractivity contribution in [3.8, 4) is 0 Å². The van der Waals surface area contributed by atoms with E-state index in [1.54, 1.807) is 23.5 Å². The van der Waals surface area contributed by atoms with Crippen molar-refractivity contribution in [2.75, 3.05) is 19.4 Å². The van der Waals surface area contributed by atoms with Crippen LogP contribution in [0.1, 0.15) is 33.6 Å². The second-order valence-corrected chi connectivity index (χ2v) is 5.88. The maximum absolute atomic E-state index is 5.85. The molecule has 0 aliphatic heterocycles. The summed E-state index contributed by atoms with van der Waals surface area (Å²) < 4.78 is 18.9. The highest BCUT2D eigenvalue weighted by Gasteiger charge is 2.46. The summed E-state index contributed by atoms with van der Waals surface area (Å²) in [7, 11) is -2.28. The van der Waals surface area contributed by atoms with Crippen molar-refractivity contribution in [2.45, 2.75) is 33.6 Å². The fraction of sp³-hybridized carbons (Fsp3) is 0.727. The molecule has 1 aromatic heterocycles. The third-order valence-electron chi connectivity index (χ3n) is 2.14. The molecule has 0 fully saturated rings. The molecule has 0 atom stereocenters. The number of hydrogen-bond donors (Lipinski definition) is 0. The minimum atomic E-state index is -2.28. The molecular weight excluding hydrogens is 239 g/mol. The van der Waals surface area contributed by atoms with E-state index in [4.69, 9.17) is 13.7 Å². The summed E-state index contributed by atoms with van der Waals surface area (Å²) >= 11 is 0. The molecule has 0 radical (unpaired) electrons. The Hall–Kier alpha value is -0.640. The monoisotopic (exact) mass is 261 g/mol. The van der Waals surface area contributed by atoms with E-state index >= 15 is 0 Å². The van der Waals surface area contributed by atoms with Gasteiger partial charge in [0.2, 0.25) is 0 Å². The Balaban J connectivity index is 2.72. The van der Waals surface area contributed by atoms with Gasteiger partial charge in [0.25, 0.3) is 0 Å². The van der Waals surface area contributed by atoms with Crippen LogP contribution in [0, 0.1) is 0 Å². The van der Waals surface area contributed by atoms with Crippen LogP contribution in [-0.2, 0) is 9.05 Å². The number of rotatable bonds is 9. The second-order valence-electron chi connectivity index (χ2n) is 3.53. The van der Waals surface area contributed by atoms with Crippen LogP contribution < -0.4 is 4.62 Å². The lowest BCUT2D eigenvalue weighted by atomic mass is 10.4. The van der Waals surface area contributed by atoms with Crippen molar-refractivity contribution in [3.05, 3.63) is 18.7 Å². The Kier molecular flexibility index (Phi) is 6.48. The maximum atomic E-state index is 5.85. The Morgan fingerprint density at radius 2 is 1.88 bits per heavy atom. The van der Waals surface area contributed by atoms with E-state index in [-0.39, 0.29) is 0 Å². The molecule has 1 rings (SSSR count). The van der Waals surface area contributed by atoms with Crippen LogP contribution in [0.25, 0.3) is 0 Å². The van der Waals surface area contributed by atoms with Gasteiger partial charge in [-0.3, -0.25) is 0 Å². The molecule has 0 aliphatic rings. The minimum absolute atomic E-state index is 0.589. The second kappa shape index (κ2) is 7.64. The molecule has 0 bridgehead atoms. The van der Waals surface area contributed by atoms with Crippen molar-refractivity contribution >= 4 is 7.94 Å². The van der Waals surface area contributed by atoms with Crippen LogP contribution in [-0.4, -0.2) is 29.1 Å². The maximum Gasteiger partial charge on any atom is 0.488 e. The Labute approximate surface area is 104 Å². The quantitative estimate of drug-likeness (QED) is 0.641. The molecular formula is C11H22N2O3P+. The van der Waals surface area contributed by atoms with E-state index in [1.165, 1.54) is 0 Å². The fourth-order valence-electron chi connectivity index (χ4n) is 1.44. The van der Waals surface area contributed by atoms with E-state index in [0.29, 0.717) is 13.2 Å². The van der Waals surface area contributed by atoms with Gasteiger partial charge in [-0.05, 0) is 20.3 Å². The third kappa shape index (κ3) is 4.62. The number of aromatic nitrogens is 2. The van der Waals surface area contributed by atoms with Gasteiger partial charge in [0.05, 0.1) is 19.4 Å². The van der Waals surface area contributed by atoms with Gasteiger partial charge in [0, 0.05) is 6.20 Å². The fourth-order valence-corrected chi connectivity index (χ4v) is 3.82. The van der Waals surface area contributed by atoms with Gasteiger partial charge in [0.1, 0.15) is 6.33 Å². The van der Waals surface area contributed by atoms with Crippen LogP contribution in [0.15, 0.2) is 18.7 Å². The van der Waals surface area contributed by atoms with Gasteiger partial charge in [-0.15, -0.1) is 4.73 Å². The standard InChI is InChI=1S/C11H22N2O3P/c1-4-7-10-17(14-5-2,15-6-3)16-13-9-8-12-11-13/h8-9,11H,4-7,10H2,1-3H3/q+1. The highest BCUT2D eigenvalue weighted by atomic mass is 31.2.